The Morgan fingerprint density at radius 3 is 2.12 bits per heavy atom. The van der Waals surface area contributed by atoms with Crippen molar-refractivity contribution < 1.29 is 38.4 Å². The standard InChI is InChI=1S/C23H25NO8S/c1-13(26)29-20-12-33-23(22(31-15(3)28)21(20)30-14(2)27)32-18-8-9-19(24-10-18)17-6-4-16(11-25)5-7-17/h4-10,20-23,25H,11-12H2,1-3H3/t20-,21+,22-,23-/m1/s1. The Morgan fingerprint density at radius 2 is 1.58 bits per heavy atom. The van der Waals surface area contributed by atoms with Gasteiger partial charge in [-0.3, -0.25) is 19.4 Å². The Labute approximate surface area is 195 Å². The number of hydrogen-bond acceptors (Lipinski definition) is 10. The molecule has 0 amide bonds. The highest BCUT2D eigenvalue weighted by Crippen LogP contribution is 2.34. The number of carbonyl (C=O) groups excluding carboxylic acids is 3. The van der Waals surface area contributed by atoms with Gasteiger partial charge >= 0.3 is 17.9 Å². The number of carbonyl (C=O) groups is 3. The molecule has 3 rings (SSSR count). The lowest BCUT2D eigenvalue weighted by Gasteiger charge is -2.39. The Kier molecular flexibility index (Phi) is 8.29. The summed E-state index contributed by atoms with van der Waals surface area (Å²) in [5.74, 6) is -1.02. The second-order valence-electron chi connectivity index (χ2n) is 7.35. The fourth-order valence-corrected chi connectivity index (χ4v) is 4.56. The van der Waals surface area contributed by atoms with E-state index in [0.717, 1.165) is 11.1 Å². The summed E-state index contributed by atoms with van der Waals surface area (Å²) < 4.78 is 22.1. The van der Waals surface area contributed by atoms with E-state index >= 15 is 0 Å². The normalized spacial score (nSPS) is 22.2. The van der Waals surface area contributed by atoms with Crippen molar-refractivity contribution in [3.63, 3.8) is 0 Å². The van der Waals surface area contributed by atoms with E-state index in [1.165, 1.54) is 32.5 Å². The van der Waals surface area contributed by atoms with Gasteiger partial charge in [0.25, 0.3) is 0 Å². The number of benzene rings is 1. The highest BCUT2D eigenvalue weighted by molar-refractivity contribution is 7.99. The molecule has 33 heavy (non-hydrogen) atoms. The minimum atomic E-state index is -1.01. The Hall–Kier alpha value is -3.11. The molecule has 1 N–H and O–H groups in total. The van der Waals surface area contributed by atoms with E-state index in [4.69, 9.17) is 18.9 Å². The van der Waals surface area contributed by atoms with Crippen LogP contribution in [0.4, 0.5) is 0 Å². The molecule has 176 valence electrons. The minimum Gasteiger partial charge on any atom is -0.474 e. The summed E-state index contributed by atoms with van der Waals surface area (Å²) >= 11 is 1.27. The van der Waals surface area contributed by atoms with Crippen LogP contribution in [0.3, 0.4) is 0 Å². The minimum absolute atomic E-state index is 0.0321. The number of pyridine rings is 1. The zero-order chi connectivity index (χ0) is 24.0. The van der Waals surface area contributed by atoms with Gasteiger partial charge in [-0.05, 0) is 17.7 Å². The van der Waals surface area contributed by atoms with Gasteiger partial charge in [-0.2, -0.15) is 0 Å². The molecule has 0 unspecified atom stereocenters. The summed E-state index contributed by atoms with van der Waals surface area (Å²) in [6.07, 6.45) is -1.26. The van der Waals surface area contributed by atoms with Crippen LogP contribution in [0.15, 0.2) is 42.6 Å². The molecule has 0 radical (unpaired) electrons. The van der Waals surface area contributed by atoms with Crippen molar-refractivity contribution in [2.24, 2.45) is 0 Å². The molecule has 1 aromatic heterocycles. The molecule has 2 heterocycles. The third kappa shape index (κ3) is 6.69. The van der Waals surface area contributed by atoms with E-state index < -0.39 is 41.7 Å². The average Bonchev–Trinajstić information content (AvgIpc) is 2.77. The highest BCUT2D eigenvalue weighted by atomic mass is 32.2. The van der Waals surface area contributed by atoms with Gasteiger partial charge in [0.1, 0.15) is 5.75 Å². The molecule has 2 aromatic rings. The first-order chi connectivity index (χ1) is 15.8. The SMILES string of the molecule is CC(=O)O[C@@H]1[C@@H](OC(C)=O)[C@H](OC(C)=O)CS[C@H]1Oc1ccc(-c2ccc(CO)cc2)nc1. The lowest BCUT2D eigenvalue weighted by Crippen LogP contribution is -2.55. The Balaban J connectivity index is 1.78. The summed E-state index contributed by atoms with van der Waals surface area (Å²) in [6, 6.07) is 10.9. The number of aliphatic hydroxyl groups is 1. The van der Waals surface area contributed by atoms with Gasteiger partial charge in [0, 0.05) is 32.1 Å². The van der Waals surface area contributed by atoms with Crippen LogP contribution in [0.1, 0.15) is 26.3 Å². The Bertz CT molecular complexity index is 979. The summed E-state index contributed by atoms with van der Waals surface area (Å²) in [5, 5.41) is 9.18. The van der Waals surface area contributed by atoms with Crippen LogP contribution >= 0.6 is 11.8 Å². The van der Waals surface area contributed by atoms with Crippen molar-refractivity contribution in [2.45, 2.75) is 51.1 Å². The Morgan fingerprint density at radius 1 is 0.939 bits per heavy atom. The fourth-order valence-electron chi connectivity index (χ4n) is 3.35. The maximum absolute atomic E-state index is 11.8. The van der Waals surface area contributed by atoms with Crippen molar-refractivity contribution in [1.82, 2.24) is 4.98 Å². The lowest BCUT2D eigenvalue weighted by molar-refractivity contribution is -0.186. The number of aromatic nitrogens is 1. The molecule has 4 atom stereocenters. The molecule has 1 aromatic carbocycles. The van der Waals surface area contributed by atoms with Crippen LogP contribution in [0.5, 0.6) is 5.75 Å². The maximum atomic E-state index is 11.8. The molecule has 0 bridgehead atoms. The number of aliphatic hydroxyl groups excluding tert-OH is 1. The fraction of sp³-hybridized carbons (Fsp3) is 0.391. The number of ether oxygens (including phenoxy) is 4. The zero-order valence-corrected chi connectivity index (χ0v) is 19.2. The monoisotopic (exact) mass is 475 g/mol. The molecule has 1 aliphatic rings. The predicted molar refractivity (Wildman–Crippen MR) is 119 cm³/mol. The van der Waals surface area contributed by atoms with Crippen LogP contribution in [0, 0.1) is 0 Å². The van der Waals surface area contributed by atoms with E-state index in [-0.39, 0.29) is 12.4 Å². The van der Waals surface area contributed by atoms with E-state index in [1.54, 1.807) is 18.3 Å². The highest BCUT2D eigenvalue weighted by Gasteiger charge is 2.47. The van der Waals surface area contributed by atoms with Crippen LogP contribution in [-0.4, -0.2) is 57.5 Å². The average molecular weight is 476 g/mol. The second-order valence-corrected chi connectivity index (χ2v) is 8.48. The van der Waals surface area contributed by atoms with Crippen molar-refractivity contribution in [1.29, 1.82) is 0 Å². The number of nitrogens with zero attached hydrogens (tertiary/aromatic N) is 1. The van der Waals surface area contributed by atoms with Gasteiger partial charge in [-0.1, -0.05) is 24.3 Å². The third-order valence-electron chi connectivity index (χ3n) is 4.73. The molecular formula is C23H25NO8S. The largest absolute Gasteiger partial charge is 0.474 e. The molecule has 9 nitrogen and oxygen atoms in total. The number of esters is 3. The quantitative estimate of drug-likeness (QED) is 0.472. The van der Waals surface area contributed by atoms with Gasteiger partial charge < -0.3 is 24.1 Å². The van der Waals surface area contributed by atoms with E-state index in [0.29, 0.717) is 11.4 Å². The molecule has 10 heteroatoms. The van der Waals surface area contributed by atoms with Gasteiger partial charge in [-0.25, -0.2) is 0 Å². The van der Waals surface area contributed by atoms with Crippen LogP contribution < -0.4 is 4.74 Å². The summed E-state index contributed by atoms with van der Waals surface area (Å²) in [5.41, 5.74) is 1.68. The predicted octanol–water partition coefficient (Wildman–Crippen LogP) is 2.49. The number of rotatable bonds is 7. The maximum Gasteiger partial charge on any atom is 0.303 e. The molecule has 0 aliphatic carbocycles. The number of hydrogen-bond donors (Lipinski definition) is 1. The van der Waals surface area contributed by atoms with Gasteiger partial charge in [0.15, 0.2) is 23.7 Å². The van der Waals surface area contributed by atoms with Crippen LogP contribution in [-0.2, 0) is 35.2 Å². The molecule has 0 spiro atoms. The molecule has 1 aliphatic heterocycles. The summed E-state index contributed by atoms with van der Waals surface area (Å²) in [6.45, 7) is 3.68. The van der Waals surface area contributed by atoms with Gasteiger partial charge in [0.05, 0.1) is 18.5 Å². The molecule has 0 saturated carbocycles. The van der Waals surface area contributed by atoms with Crippen molar-refractivity contribution in [3.05, 3.63) is 48.2 Å². The first-order valence-electron chi connectivity index (χ1n) is 10.2. The number of thioether (sulfide) groups is 1. The van der Waals surface area contributed by atoms with E-state index in [9.17, 15) is 19.5 Å². The first-order valence-corrected chi connectivity index (χ1v) is 11.3. The van der Waals surface area contributed by atoms with Gasteiger partial charge in [0.2, 0.25) is 0 Å². The summed E-state index contributed by atoms with van der Waals surface area (Å²) in [4.78, 5) is 39.3. The molecule has 1 fully saturated rings. The molecule has 1 saturated heterocycles. The topological polar surface area (TPSA) is 121 Å². The van der Waals surface area contributed by atoms with Gasteiger partial charge in [-0.15, -0.1) is 11.8 Å². The first kappa shape index (κ1) is 24.5. The lowest BCUT2D eigenvalue weighted by atomic mass is 10.1. The summed E-state index contributed by atoms with van der Waals surface area (Å²) in [7, 11) is 0. The molecular weight excluding hydrogens is 450 g/mol. The van der Waals surface area contributed by atoms with Crippen LogP contribution in [0.25, 0.3) is 11.3 Å². The van der Waals surface area contributed by atoms with E-state index in [2.05, 4.69) is 4.98 Å². The van der Waals surface area contributed by atoms with Crippen molar-refractivity contribution in [3.8, 4) is 17.0 Å². The van der Waals surface area contributed by atoms with E-state index in [1.807, 2.05) is 24.3 Å². The van der Waals surface area contributed by atoms with Crippen molar-refractivity contribution >= 4 is 29.7 Å². The van der Waals surface area contributed by atoms with Crippen LogP contribution in [0.2, 0.25) is 0 Å². The zero-order valence-electron chi connectivity index (χ0n) is 18.4. The third-order valence-corrected chi connectivity index (χ3v) is 5.94. The van der Waals surface area contributed by atoms with Crippen molar-refractivity contribution in [2.75, 3.05) is 5.75 Å². The smallest absolute Gasteiger partial charge is 0.303 e. The second kappa shape index (κ2) is 11.2.